The molecule has 2 aromatic carbocycles. The third-order valence-corrected chi connectivity index (χ3v) is 3.68. The summed E-state index contributed by atoms with van der Waals surface area (Å²) in [7, 11) is 3.79. The molecule has 0 saturated carbocycles. The number of halogens is 1. The fourth-order valence-electron chi connectivity index (χ4n) is 2.19. The molecule has 5 nitrogen and oxygen atoms in total. The Morgan fingerprint density at radius 3 is 2.48 bits per heavy atom. The molecule has 0 aromatic heterocycles. The molecule has 0 aliphatic carbocycles. The lowest BCUT2D eigenvalue weighted by molar-refractivity contribution is 0.225. The predicted molar refractivity (Wildman–Crippen MR) is 94.2 cm³/mol. The summed E-state index contributed by atoms with van der Waals surface area (Å²) in [4.78, 5) is 14.0. The van der Waals surface area contributed by atoms with Crippen LogP contribution < -0.4 is 15.5 Å². The first kappa shape index (κ1) is 17.1. The smallest absolute Gasteiger partial charge is 0.319 e. The minimum absolute atomic E-state index is 0.183. The Balaban J connectivity index is 2.03. The molecule has 6 heteroatoms. The number of carbonyl (C=O) groups excluding carboxylic acids is 1. The van der Waals surface area contributed by atoms with Crippen LogP contribution in [0.4, 0.5) is 16.2 Å². The van der Waals surface area contributed by atoms with E-state index in [2.05, 4.69) is 10.6 Å². The van der Waals surface area contributed by atoms with Gasteiger partial charge in [0.2, 0.25) is 0 Å². The van der Waals surface area contributed by atoms with Crippen LogP contribution >= 0.6 is 11.6 Å². The third kappa shape index (κ3) is 4.61. The summed E-state index contributed by atoms with van der Waals surface area (Å²) in [5, 5.41) is 15.5. The van der Waals surface area contributed by atoms with Crippen molar-refractivity contribution >= 4 is 29.0 Å². The molecule has 0 saturated heterocycles. The van der Waals surface area contributed by atoms with Crippen LogP contribution in [0.3, 0.4) is 0 Å². The number of benzene rings is 2. The maximum Gasteiger partial charge on any atom is 0.319 e. The number of hydrogen-bond donors (Lipinski definition) is 3. The zero-order chi connectivity index (χ0) is 16.8. The minimum Gasteiger partial charge on any atom is -0.394 e. The number of urea groups is 1. The lowest BCUT2D eigenvalue weighted by Crippen LogP contribution is -2.34. The van der Waals surface area contributed by atoms with Crippen molar-refractivity contribution in [2.75, 3.05) is 30.9 Å². The first-order chi connectivity index (χ1) is 11.0. The minimum atomic E-state index is -0.465. The predicted octanol–water partition coefficient (Wildman–Crippen LogP) is 3.26. The van der Waals surface area contributed by atoms with Crippen LogP contribution in [-0.4, -0.2) is 31.8 Å². The van der Waals surface area contributed by atoms with Crippen LogP contribution in [-0.2, 0) is 0 Å². The number of hydrogen-bond acceptors (Lipinski definition) is 3. The Hall–Kier alpha value is -2.24. The topological polar surface area (TPSA) is 64.6 Å². The van der Waals surface area contributed by atoms with Crippen molar-refractivity contribution in [3.8, 4) is 0 Å². The summed E-state index contributed by atoms with van der Waals surface area (Å²) in [5.41, 5.74) is 2.30. The van der Waals surface area contributed by atoms with Gasteiger partial charge < -0.3 is 20.6 Å². The van der Waals surface area contributed by atoms with E-state index in [1.54, 1.807) is 12.1 Å². The number of rotatable bonds is 5. The average Bonchev–Trinajstić information content (AvgIpc) is 2.53. The highest BCUT2D eigenvalue weighted by Gasteiger charge is 2.13. The van der Waals surface area contributed by atoms with E-state index in [-0.39, 0.29) is 6.61 Å². The SMILES string of the molecule is CN(C)c1ccc(NC(=O)N[C@H](CO)c2ccccc2)cc1Cl. The zero-order valence-electron chi connectivity index (χ0n) is 13.1. The van der Waals surface area contributed by atoms with E-state index in [0.29, 0.717) is 10.7 Å². The number of amides is 2. The van der Waals surface area contributed by atoms with E-state index in [1.165, 1.54) is 0 Å². The largest absolute Gasteiger partial charge is 0.394 e. The Bertz CT molecular complexity index is 662. The first-order valence-corrected chi connectivity index (χ1v) is 7.59. The molecule has 2 amide bonds. The van der Waals surface area contributed by atoms with Crippen LogP contribution in [0.25, 0.3) is 0 Å². The maximum absolute atomic E-state index is 12.1. The molecule has 0 spiro atoms. The van der Waals surface area contributed by atoms with Gasteiger partial charge >= 0.3 is 6.03 Å². The number of carbonyl (C=O) groups is 1. The monoisotopic (exact) mass is 333 g/mol. The van der Waals surface area contributed by atoms with Gasteiger partial charge in [-0.1, -0.05) is 41.9 Å². The van der Waals surface area contributed by atoms with Gasteiger partial charge in [0.25, 0.3) is 0 Å². The standard InChI is InChI=1S/C17H20ClN3O2/c1-21(2)16-9-8-13(10-14(16)18)19-17(23)20-15(11-22)12-6-4-3-5-7-12/h3-10,15,22H,11H2,1-2H3,(H2,19,20,23)/t15-/m1/s1. The maximum atomic E-state index is 12.1. The summed E-state index contributed by atoms with van der Waals surface area (Å²) in [6, 6.07) is 13.7. The van der Waals surface area contributed by atoms with Crippen LogP contribution in [0.2, 0.25) is 5.02 Å². The van der Waals surface area contributed by atoms with E-state index < -0.39 is 12.1 Å². The molecule has 1 atom stereocenters. The van der Waals surface area contributed by atoms with Crippen molar-refractivity contribution in [3.05, 3.63) is 59.1 Å². The number of nitrogens with one attached hydrogen (secondary N) is 2. The molecule has 23 heavy (non-hydrogen) atoms. The van der Waals surface area contributed by atoms with Gasteiger partial charge in [-0.25, -0.2) is 4.79 Å². The van der Waals surface area contributed by atoms with Crippen LogP contribution in [0, 0.1) is 0 Å². The summed E-state index contributed by atoms with van der Waals surface area (Å²) in [5.74, 6) is 0. The second-order valence-corrected chi connectivity index (χ2v) is 5.71. The highest BCUT2D eigenvalue weighted by Crippen LogP contribution is 2.27. The van der Waals surface area contributed by atoms with Crippen molar-refractivity contribution in [1.29, 1.82) is 0 Å². The summed E-state index contributed by atoms with van der Waals surface area (Å²) in [6.45, 7) is -0.183. The van der Waals surface area contributed by atoms with Crippen molar-refractivity contribution < 1.29 is 9.90 Å². The normalized spacial score (nSPS) is 11.7. The highest BCUT2D eigenvalue weighted by molar-refractivity contribution is 6.33. The third-order valence-electron chi connectivity index (χ3n) is 3.38. The highest BCUT2D eigenvalue weighted by atomic mass is 35.5. The number of anilines is 2. The zero-order valence-corrected chi connectivity index (χ0v) is 13.8. The van der Waals surface area contributed by atoms with Crippen LogP contribution in [0.15, 0.2) is 48.5 Å². The molecular formula is C17H20ClN3O2. The van der Waals surface area contributed by atoms with Crippen LogP contribution in [0.5, 0.6) is 0 Å². The molecule has 0 radical (unpaired) electrons. The summed E-state index contributed by atoms with van der Waals surface area (Å²) >= 11 is 6.18. The van der Waals surface area contributed by atoms with Crippen molar-refractivity contribution in [1.82, 2.24) is 5.32 Å². The van der Waals surface area contributed by atoms with Gasteiger partial charge in [-0.2, -0.15) is 0 Å². The molecule has 0 aliphatic heterocycles. The molecule has 0 fully saturated rings. The number of nitrogens with zero attached hydrogens (tertiary/aromatic N) is 1. The molecule has 0 unspecified atom stereocenters. The molecule has 3 N–H and O–H groups in total. The summed E-state index contributed by atoms with van der Waals surface area (Å²) < 4.78 is 0. The second-order valence-electron chi connectivity index (χ2n) is 5.30. The quantitative estimate of drug-likeness (QED) is 0.787. The van der Waals surface area contributed by atoms with Crippen molar-refractivity contribution in [2.24, 2.45) is 0 Å². The Kier molecular flexibility index (Phi) is 5.84. The van der Waals surface area contributed by atoms with Gasteiger partial charge in [-0.05, 0) is 23.8 Å². The molecule has 0 bridgehead atoms. The van der Waals surface area contributed by atoms with Gasteiger partial charge in [0.15, 0.2) is 0 Å². The van der Waals surface area contributed by atoms with E-state index >= 15 is 0 Å². The molecule has 2 aromatic rings. The van der Waals surface area contributed by atoms with E-state index in [9.17, 15) is 9.90 Å². The Morgan fingerprint density at radius 2 is 1.91 bits per heavy atom. The molecular weight excluding hydrogens is 314 g/mol. The number of aliphatic hydroxyl groups is 1. The van der Waals surface area contributed by atoms with Crippen molar-refractivity contribution in [2.45, 2.75) is 6.04 Å². The van der Waals surface area contributed by atoms with E-state index in [4.69, 9.17) is 11.6 Å². The fraction of sp³-hybridized carbons (Fsp3) is 0.235. The Labute approximate surface area is 140 Å². The summed E-state index contributed by atoms with van der Waals surface area (Å²) in [6.07, 6.45) is 0. The van der Waals surface area contributed by atoms with Gasteiger partial charge in [-0.3, -0.25) is 0 Å². The van der Waals surface area contributed by atoms with Crippen molar-refractivity contribution in [3.63, 3.8) is 0 Å². The van der Waals surface area contributed by atoms with Gasteiger partial charge in [0.05, 0.1) is 23.4 Å². The molecule has 0 heterocycles. The fourth-order valence-corrected chi connectivity index (χ4v) is 2.54. The molecule has 0 aliphatic rings. The first-order valence-electron chi connectivity index (χ1n) is 7.21. The van der Waals surface area contributed by atoms with E-state index in [0.717, 1.165) is 11.3 Å². The lowest BCUT2D eigenvalue weighted by Gasteiger charge is -2.18. The van der Waals surface area contributed by atoms with Gasteiger partial charge in [0.1, 0.15) is 0 Å². The van der Waals surface area contributed by atoms with Crippen LogP contribution in [0.1, 0.15) is 11.6 Å². The average molecular weight is 334 g/mol. The molecule has 2 rings (SSSR count). The molecule has 122 valence electrons. The Morgan fingerprint density at radius 1 is 1.22 bits per heavy atom. The van der Waals surface area contributed by atoms with E-state index in [1.807, 2.05) is 55.4 Å². The second kappa shape index (κ2) is 7.85. The van der Waals surface area contributed by atoms with Gasteiger partial charge in [0, 0.05) is 19.8 Å². The number of aliphatic hydroxyl groups excluding tert-OH is 1. The van der Waals surface area contributed by atoms with Gasteiger partial charge in [-0.15, -0.1) is 0 Å². The lowest BCUT2D eigenvalue weighted by atomic mass is 10.1.